The second-order valence-electron chi connectivity index (χ2n) is 3.86. The Morgan fingerprint density at radius 1 is 1.56 bits per heavy atom. The normalized spacial score (nSPS) is 15.7. The van der Waals surface area contributed by atoms with E-state index in [1.165, 1.54) is 0 Å². The number of rotatable bonds is 2. The van der Waals surface area contributed by atoms with E-state index >= 15 is 0 Å². The van der Waals surface area contributed by atoms with Gasteiger partial charge in [-0.15, -0.1) is 0 Å². The van der Waals surface area contributed by atoms with Gasteiger partial charge < -0.3 is 10.2 Å². The predicted octanol–water partition coefficient (Wildman–Crippen LogP) is 1.99. The molecule has 1 amide bonds. The molecule has 0 atom stereocenters. The van der Waals surface area contributed by atoms with Gasteiger partial charge in [0.25, 0.3) is 5.91 Å². The van der Waals surface area contributed by atoms with Gasteiger partial charge in [-0.05, 0) is 40.8 Å². The molecule has 1 aliphatic heterocycles. The average Bonchev–Trinajstić information content (AvgIpc) is 2.18. The van der Waals surface area contributed by atoms with Crippen LogP contribution in [-0.4, -0.2) is 37.0 Å². The lowest BCUT2D eigenvalue weighted by molar-refractivity contribution is 0.0681. The molecular weight excluding hydrogens is 338 g/mol. The molecule has 5 heteroatoms. The molecule has 1 fully saturated rings. The van der Waals surface area contributed by atoms with E-state index in [-0.39, 0.29) is 5.91 Å². The van der Waals surface area contributed by atoms with Crippen molar-refractivity contribution in [3.63, 3.8) is 0 Å². The zero-order valence-corrected chi connectivity index (χ0v) is 11.7. The highest BCUT2D eigenvalue weighted by Crippen LogP contribution is 2.20. The number of carbonyl (C=O) groups excluding carboxylic acids is 1. The Kier molecular flexibility index (Phi) is 3.71. The number of hydrogen-bond acceptors (Lipinski definition) is 2. The van der Waals surface area contributed by atoms with Crippen molar-refractivity contribution >= 4 is 40.1 Å². The first-order valence-electron chi connectivity index (χ1n) is 5.02. The number of hydrogen-bond donors (Lipinski definition) is 1. The van der Waals surface area contributed by atoms with Crippen LogP contribution in [0.4, 0.5) is 0 Å². The van der Waals surface area contributed by atoms with Crippen molar-refractivity contribution in [3.05, 3.63) is 32.4 Å². The van der Waals surface area contributed by atoms with E-state index in [0.29, 0.717) is 16.6 Å². The minimum absolute atomic E-state index is 0.0322. The van der Waals surface area contributed by atoms with E-state index in [9.17, 15) is 4.79 Å². The molecule has 1 saturated heterocycles. The van der Waals surface area contributed by atoms with Crippen molar-refractivity contribution in [2.24, 2.45) is 0 Å². The molecule has 1 N–H and O–H groups in total. The molecule has 0 aliphatic carbocycles. The van der Waals surface area contributed by atoms with Crippen LogP contribution in [0.15, 0.2) is 18.2 Å². The van der Waals surface area contributed by atoms with Crippen LogP contribution in [0, 0.1) is 3.57 Å². The number of halogens is 2. The van der Waals surface area contributed by atoms with Gasteiger partial charge in [-0.2, -0.15) is 0 Å². The van der Waals surface area contributed by atoms with Crippen LogP contribution in [0.2, 0.25) is 5.02 Å². The largest absolute Gasteiger partial charge is 0.336 e. The number of nitrogens with one attached hydrogen (secondary N) is 1. The van der Waals surface area contributed by atoms with Crippen LogP contribution in [0.1, 0.15) is 10.4 Å². The SMILES string of the molecule is CN(C(=O)c1ccc(I)c(Cl)c1)C1CNC1. The molecule has 0 radical (unpaired) electrons. The summed E-state index contributed by atoms with van der Waals surface area (Å²) in [4.78, 5) is 13.9. The lowest BCUT2D eigenvalue weighted by atomic mass is 10.1. The third kappa shape index (κ3) is 2.33. The minimum atomic E-state index is 0.0322. The molecule has 0 aromatic heterocycles. The van der Waals surface area contributed by atoms with Crippen LogP contribution in [0.5, 0.6) is 0 Å². The van der Waals surface area contributed by atoms with Gasteiger partial charge >= 0.3 is 0 Å². The third-order valence-electron chi connectivity index (χ3n) is 2.79. The Labute approximate surface area is 113 Å². The van der Waals surface area contributed by atoms with Gasteiger partial charge in [0.1, 0.15) is 0 Å². The summed E-state index contributed by atoms with van der Waals surface area (Å²) < 4.78 is 0.962. The van der Waals surface area contributed by atoms with Crippen molar-refractivity contribution in [1.29, 1.82) is 0 Å². The summed E-state index contributed by atoms with van der Waals surface area (Å²) in [6.45, 7) is 1.75. The molecule has 1 aromatic rings. The highest BCUT2D eigenvalue weighted by molar-refractivity contribution is 14.1. The molecule has 2 rings (SSSR count). The van der Waals surface area contributed by atoms with Crippen LogP contribution < -0.4 is 5.32 Å². The zero-order chi connectivity index (χ0) is 11.7. The van der Waals surface area contributed by atoms with Crippen molar-refractivity contribution in [3.8, 4) is 0 Å². The van der Waals surface area contributed by atoms with Crippen molar-refractivity contribution < 1.29 is 4.79 Å². The number of benzene rings is 1. The van der Waals surface area contributed by atoms with Crippen LogP contribution >= 0.6 is 34.2 Å². The maximum atomic E-state index is 12.1. The molecule has 86 valence electrons. The van der Waals surface area contributed by atoms with Gasteiger partial charge in [-0.3, -0.25) is 4.79 Å². The Balaban J connectivity index is 2.16. The van der Waals surface area contributed by atoms with E-state index < -0.39 is 0 Å². The van der Waals surface area contributed by atoms with Crippen LogP contribution in [0.25, 0.3) is 0 Å². The molecule has 0 saturated carbocycles. The number of likely N-dealkylation sites (N-methyl/N-ethyl adjacent to an activating group) is 1. The van der Waals surface area contributed by atoms with E-state index in [1.54, 1.807) is 11.0 Å². The number of nitrogens with zero attached hydrogens (tertiary/aromatic N) is 1. The first-order valence-corrected chi connectivity index (χ1v) is 6.48. The summed E-state index contributed by atoms with van der Waals surface area (Å²) >= 11 is 8.15. The Hall–Kier alpha value is -0.330. The number of amides is 1. The highest BCUT2D eigenvalue weighted by atomic mass is 127. The van der Waals surface area contributed by atoms with E-state index in [4.69, 9.17) is 11.6 Å². The Morgan fingerprint density at radius 3 is 2.75 bits per heavy atom. The maximum Gasteiger partial charge on any atom is 0.253 e. The first-order chi connectivity index (χ1) is 7.59. The van der Waals surface area contributed by atoms with E-state index in [2.05, 4.69) is 27.9 Å². The summed E-state index contributed by atoms with van der Waals surface area (Å²) in [7, 11) is 1.83. The summed E-state index contributed by atoms with van der Waals surface area (Å²) in [6.07, 6.45) is 0. The quantitative estimate of drug-likeness (QED) is 0.828. The van der Waals surface area contributed by atoms with Gasteiger partial charge in [0.15, 0.2) is 0 Å². The lowest BCUT2D eigenvalue weighted by Crippen LogP contribution is -2.57. The lowest BCUT2D eigenvalue weighted by Gasteiger charge is -2.35. The molecule has 16 heavy (non-hydrogen) atoms. The monoisotopic (exact) mass is 350 g/mol. The summed E-state index contributed by atoms with van der Waals surface area (Å²) in [6, 6.07) is 5.72. The number of carbonyl (C=O) groups is 1. The summed E-state index contributed by atoms with van der Waals surface area (Å²) in [5.74, 6) is 0.0322. The Morgan fingerprint density at radius 2 is 2.25 bits per heavy atom. The van der Waals surface area contributed by atoms with Crippen LogP contribution in [-0.2, 0) is 0 Å². The average molecular weight is 351 g/mol. The molecule has 0 unspecified atom stereocenters. The molecular formula is C11H12ClIN2O. The fourth-order valence-corrected chi connectivity index (χ4v) is 2.06. The molecule has 0 bridgehead atoms. The second kappa shape index (κ2) is 4.89. The minimum Gasteiger partial charge on any atom is -0.336 e. The first kappa shape index (κ1) is 12.1. The Bertz CT molecular complexity index is 420. The standard InChI is InChI=1S/C11H12ClIN2O/c1-15(8-5-14-6-8)11(16)7-2-3-10(13)9(12)4-7/h2-4,8,14H,5-6H2,1H3. The molecule has 1 aromatic carbocycles. The van der Waals surface area contributed by atoms with Gasteiger partial charge in [0.05, 0.1) is 11.1 Å². The van der Waals surface area contributed by atoms with Gasteiger partial charge in [0, 0.05) is 29.3 Å². The van der Waals surface area contributed by atoms with Crippen molar-refractivity contribution in [1.82, 2.24) is 10.2 Å². The van der Waals surface area contributed by atoms with Crippen LogP contribution in [0.3, 0.4) is 0 Å². The maximum absolute atomic E-state index is 12.1. The molecule has 3 nitrogen and oxygen atoms in total. The summed E-state index contributed by atoms with van der Waals surface area (Å²) in [5, 5.41) is 3.78. The second-order valence-corrected chi connectivity index (χ2v) is 5.43. The topological polar surface area (TPSA) is 32.3 Å². The fraction of sp³-hybridized carbons (Fsp3) is 0.364. The molecule has 1 heterocycles. The van der Waals surface area contributed by atoms with Gasteiger partial charge in [-0.25, -0.2) is 0 Å². The molecule has 0 spiro atoms. The highest BCUT2D eigenvalue weighted by Gasteiger charge is 2.26. The fourth-order valence-electron chi connectivity index (χ4n) is 1.55. The third-order valence-corrected chi connectivity index (χ3v) is 4.37. The predicted molar refractivity (Wildman–Crippen MR) is 72.9 cm³/mol. The van der Waals surface area contributed by atoms with Gasteiger partial charge in [-0.1, -0.05) is 11.6 Å². The smallest absolute Gasteiger partial charge is 0.253 e. The van der Waals surface area contributed by atoms with E-state index in [0.717, 1.165) is 16.7 Å². The van der Waals surface area contributed by atoms with Gasteiger partial charge in [0.2, 0.25) is 0 Å². The molecule has 1 aliphatic rings. The summed E-state index contributed by atoms with van der Waals surface area (Å²) in [5.41, 5.74) is 0.653. The van der Waals surface area contributed by atoms with Crippen molar-refractivity contribution in [2.45, 2.75) is 6.04 Å². The zero-order valence-electron chi connectivity index (χ0n) is 8.84. The van der Waals surface area contributed by atoms with Crippen molar-refractivity contribution in [2.75, 3.05) is 20.1 Å². The van der Waals surface area contributed by atoms with E-state index in [1.807, 2.05) is 19.2 Å².